The van der Waals surface area contributed by atoms with Crippen molar-refractivity contribution in [2.75, 3.05) is 6.54 Å². The summed E-state index contributed by atoms with van der Waals surface area (Å²) >= 11 is 12.3. The number of allylic oxidation sites excluding steroid dienone is 8. The maximum atomic E-state index is 14.5. The van der Waals surface area contributed by atoms with Crippen molar-refractivity contribution in [1.82, 2.24) is 10.6 Å². The Morgan fingerprint density at radius 3 is 2.94 bits per heavy atom. The molecule has 2 aliphatic carbocycles. The predicted molar refractivity (Wildman–Crippen MR) is 135 cm³/mol. The molecule has 3 atom stereocenters. The van der Waals surface area contributed by atoms with E-state index in [4.69, 9.17) is 23.2 Å². The van der Waals surface area contributed by atoms with Gasteiger partial charge in [0, 0.05) is 59.9 Å². The van der Waals surface area contributed by atoms with Gasteiger partial charge in [-0.1, -0.05) is 34.9 Å². The lowest BCUT2D eigenvalue weighted by Gasteiger charge is -2.25. The van der Waals surface area contributed by atoms with Crippen LogP contribution in [0.2, 0.25) is 0 Å². The summed E-state index contributed by atoms with van der Waals surface area (Å²) in [5.74, 6) is -1.02. The standard InChI is InChI=1S/C26H22Cl2FN5O/c27-19-6-16-3-14(4-17(10-30)25(16)33-12-19)5-20-7-15(1-2-31-20)26(35)34-11-18-8-21-22(28)13-32-24(21)9-23(18)29/h2,4,6-7,9,12-13,15-16,21,32H,1,3,5,8,11H2,(H,34,35). The Balaban J connectivity index is 1.23. The third kappa shape index (κ3) is 4.95. The number of carbonyl (C=O) groups excluding carboxylic acids is 1. The first kappa shape index (κ1) is 23.5. The first-order chi connectivity index (χ1) is 16.9. The summed E-state index contributed by atoms with van der Waals surface area (Å²) in [6.45, 7) is 0.130. The molecular formula is C26H22Cl2FN5O. The van der Waals surface area contributed by atoms with Gasteiger partial charge in [-0.15, -0.1) is 0 Å². The molecule has 0 aromatic rings. The van der Waals surface area contributed by atoms with Crippen LogP contribution in [-0.2, 0) is 4.79 Å². The molecular weight excluding hydrogens is 488 g/mol. The van der Waals surface area contributed by atoms with E-state index < -0.39 is 5.92 Å². The van der Waals surface area contributed by atoms with Crippen LogP contribution >= 0.6 is 23.2 Å². The molecule has 178 valence electrons. The number of fused-ring (bicyclic) bond motifs is 2. The van der Waals surface area contributed by atoms with Crippen LogP contribution in [0.15, 0.2) is 90.2 Å². The molecule has 1 amide bonds. The van der Waals surface area contributed by atoms with Crippen LogP contribution in [0.1, 0.15) is 25.7 Å². The number of rotatable bonds is 5. The molecule has 0 saturated heterocycles. The lowest BCUT2D eigenvalue weighted by molar-refractivity contribution is -0.123. The van der Waals surface area contributed by atoms with Gasteiger partial charge in [-0.25, -0.2) is 4.39 Å². The zero-order chi connectivity index (χ0) is 24.5. The molecule has 3 heterocycles. The second-order valence-corrected chi connectivity index (χ2v) is 9.89. The van der Waals surface area contributed by atoms with Crippen molar-refractivity contribution in [3.8, 4) is 6.07 Å². The van der Waals surface area contributed by atoms with E-state index in [0.29, 0.717) is 46.9 Å². The Bertz CT molecular complexity index is 1300. The van der Waals surface area contributed by atoms with Crippen LogP contribution < -0.4 is 10.6 Å². The number of halogens is 3. The fourth-order valence-corrected chi connectivity index (χ4v) is 5.31. The van der Waals surface area contributed by atoms with Crippen molar-refractivity contribution >= 4 is 41.5 Å². The smallest absolute Gasteiger partial charge is 0.227 e. The summed E-state index contributed by atoms with van der Waals surface area (Å²) in [5.41, 5.74) is 4.32. The molecule has 0 saturated carbocycles. The molecule has 0 spiro atoms. The van der Waals surface area contributed by atoms with E-state index in [1.807, 2.05) is 18.2 Å². The van der Waals surface area contributed by atoms with Crippen molar-refractivity contribution in [2.24, 2.45) is 27.7 Å². The number of amides is 1. The minimum atomic E-state index is -0.392. The van der Waals surface area contributed by atoms with Gasteiger partial charge in [-0.05, 0) is 43.1 Å². The summed E-state index contributed by atoms with van der Waals surface area (Å²) in [6, 6.07) is 2.22. The van der Waals surface area contributed by atoms with Gasteiger partial charge in [0.2, 0.25) is 5.91 Å². The van der Waals surface area contributed by atoms with Gasteiger partial charge in [0.05, 0.1) is 22.2 Å². The molecule has 0 radical (unpaired) electrons. The number of carbonyl (C=O) groups is 1. The van der Waals surface area contributed by atoms with Crippen molar-refractivity contribution < 1.29 is 9.18 Å². The molecule has 3 aliphatic heterocycles. The molecule has 5 aliphatic rings. The topological polar surface area (TPSA) is 89.6 Å². The number of nitrogens with zero attached hydrogens (tertiary/aromatic N) is 3. The van der Waals surface area contributed by atoms with E-state index in [-0.39, 0.29) is 30.1 Å². The molecule has 35 heavy (non-hydrogen) atoms. The lowest BCUT2D eigenvalue weighted by atomic mass is 9.84. The van der Waals surface area contributed by atoms with Crippen molar-refractivity contribution in [3.63, 3.8) is 0 Å². The Morgan fingerprint density at radius 2 is 2.11 bits per heavy atom. The minimum Gasteiger partial charge on any atom is -0.363 e. The summed E-state index contributed by atoms with van der Waals surface area (Å²) in [7, 11) is 0. The highest BCUT2D eigenvalue weighted by Crippen LogP contribution is 2.39. The summed E-state index contributed by atoms with van der Waals surface area (Å²) in [5, 5.41) is 16.6. The van der Waals surface area contributed by atoms with E-state index in [1.54, 1.807) is 18.6 Å². The summed E-state index contributed by atoms with van der Waals surface area (Å²) in [6.07, 6.45) is 14.1. The molecule has 9 heteroatoms. The molecule has 0 aromatic carbocycles. The third-order valence-electron chi connectivity index (χ3n) is 6.65. The van der Waals surface area contributed by atoms with E-state index >= 15 is 0 Å². The van der Waals surface area contributed by atoms with Crippen molar-refractivity contribution in [3.05, 3.63) is 80.2 Å². The second kappa shape index (κ2) is 9.80. The zero-order valence-corrected chi connectivity index (χ0v) is 20.2. The highest BCUT2D eigenvalue weighted by Gasteiger charge is 2.30. The van der Waals surface area contributed by atoms with Crippen LogP contribution in [-0.4, -0.2) is 24.9 Å². The van der Waals surface area contributed by atoms with E-state index in [1.165, 1.54) is 6.08 Å². The average molecular weight is 510 g/mol. The fourth-order valence-electron chi connectivity index (χ4n) is 4.86. The third-order valence-corrected chi connectivity index (χ3v) is 7.25. The molecule has 0 aromatic heterocycles. The van der Waals surface area contributed by atoms with Crippen LogP contribution in [0, 0.1) is 29.1 Å². The lowest BCUT2D eigenvalue weighted by Crippen LogP contribution is -2.33. The molecule has 0 bridgehead atoms. The number of hydrogen-bond donors (Lipinski definition) is 2. The van der Waals surface area contributed by atoms with E-state index in [9.17, 15) is 14.4 Å². The maximum Gasteiger partial charge on any atom is 0.227 e. The van der Waals surface area contributed by atoms with Gasteiger partial charge >= 0.3 is 0 Å². The van der Waals surface area contributed by atoms with Crippen molar-refractivity contribution in [1.29, 1.82) is 5.26 Å². The van der Waals surface area contributed by atoms with Gasteiger partial charge in [-0.3, -0.25) is 14.8 Å². The first-order valence-corrected chi connectivity index (χ1v) is 12.1. The normalized spacial score (nSPS) is 27.0. The Hall–Kier alpha value is -3.21. The Labute approximate surface area is 212 Å². The molecule has 2 N–H and O–H groups in total. The zero-order valence-electron chi connectivity index (χ0n) is 18.7. The molecule has 6 nitrogen and oxygen atoms in total. The van der Waals surface area contributed by atoms with Crippen molar-refractivity contribution in [2.45, 2.75) is 25.7 Å². The Kier molecular flexibility index (Phi) is 6.59. The number of nitriles is 1. The van der Waals surface area contributed by atoms with Gasteiger partial charge in [0.1, 0.15) is 11.9 Å². The highest BCUT2D eigenvalue weighted by molar-refractivity contribution is 6.39. The van der Waals surface area contributed by atoms with Crippen LogP contribution in [0.5, 0.6) is 0 Å². The molecule has 3 unspecified atom stereocenters. The van der Waals surface area contributed by atoms with Crippen LogP contribution in [0.3, 0.4) is 0 Å². The summed E-state index contributed by atoms with van der Waals surface area (Å²) < 4.78 is 14.5. The van der Waals surface area contributed by atoms with Crippen LogP contribution in [0.4, 0.5) is 4.39 Å². The fraction of sp³-hybridized carbons (Fsp3) is 0.308. The van der Waals surface area contributed by atoms with Gasteiger partial charge < -0.3 is 10.6 Å². The minimum absolute atomic E-state index is 0.0407. The van der Waals surface area contributed by atoms with E-state index in [0.717, 1.165) is 22.7 Å². The van der Waals surface area contributed by atoms with E-state index in [2.05, 4.69) is 26.7 Å². The SMILES string of the molecule is N#CC1=C2N=CC(Cl)=CC2CC(CC2=CC(C(=O)NCC3=C(F)C=C4NC=C(Cl)C4C3)CC=N2)=C1. The van der Waals surface area contributed by atoms with Gasteiger partial charge in [-0.2, -0.15) is 5.26 Å². The second-order valence-electron chi connectivity index (χ2n) is 9.02. The first-order valence-electron chi connectivity index (χ1n) is 11.4. The molecule has 5 rings (SSSR count). The highest BCUT2D eigenvalue weighted by atomic mass is 35.5. The predicted octanol–water partition coefficient (Wildman–Crippen LogP) is 5.21. The number of nitrogens with one attached hydrogen (secondary N) is 2. The number of hydrogen-bond acceptors (Lipinski definition) is 5. The van der Waals surface area contributed by atoms with Crippen LogP contribution in [0.25, 0.3) is 0 Å². The maximum absolute atomic E-state index is 14.5. The average Bonchev–Trinajstić information content (AvgIpc) is 3.20. The number of dihydropyridines is 1. The summed E-state index contributed by atoms with van der Waals surface area (Å²) in [4.78, 5) is 21.7. The molecule has 0 fully saturated rings. The Morgan fingerprint density at radius 1 is 1.26 bits per heavy atom. The van der Waals surface area contributed by atoms with Gasteiger partial charge in [0.25, 0.3) is 0 Å². The number of aliphatic imine (C=N–C) groups is 2. The quantitative estimate of drug-likeness (QED) is 0.532. The largest absolute Gasteiger partial charge is 0.363 e. The monoisotopic (exact) mass is 509 g/mol. The van der Waals surface area contributed by atoms with Gasteiger partial charge in [0.15, 0.2) is 0 Å².